The van der Waals surface area contributed by atoms with Crippen LogP contribution in [0.15, 0.2) is 12.1 Å². The SMILES string of the molecule is Cc1ccc(O)c(CN2CCCC2CO)n1. The Bertz CT molecular complexity index is 368. The summed E-state index contributed by atoms with van der Waals surface area (Å²) in [5.41, 5.74) is 1.62. The first-order valence-electron chi connectivity index (χ1n) is 5.71. The summed E-state index contributed by atoms with van der Waals surface area (Å²) in [5, 5.41) is 18.9. The Kier molecular flexibility index (Phi) is 3.41. The molecule has 1 aliphatic heterocycles. The Labute approximate surface area is 95.5 Å². The van der Waals surface area contributed by atoms with Crippen molar-refractivity contribution in [2.24, 2.45) is 0 Å². The second kappa shape index (κ2) is 4.80. The predicted octanol–water partition coefficient (Wildman–Crippen LogP) is 1.05. The Morgan fingerprint density at radius 3 is 3.06 bits per heavy atom. The highest BCUT2D eigenvalue weighted by atomic mass is 16.3. The Morgan fingerprint density at radius 1 is 1.50 bits per heavy atom. The number of rotatable bonds is 3. The smallest absolute Gasteiger partial charge is 0.138 e. The number of pyridine rings is 1. The van der Waals surface area contributed by atoms with Gasteiger partial charge in [0.25, 0.3) is 0 Å². The molecule has 4 nitrogen and oxygen atoms in total. The van der Waals surface area contributed by atoms with E-state index >= 15 is 0 Å². The lowest BCUT2D eigenvalue weighted by Gasteiger charge is -2.22. The van der Waals surface area contributed by atoms with E-state index in [9.17, 15) is 10.2 Å². The van der Waals surface area contributed by atoms with E-state index in [0.717, 1.165) is 25.1 Å². The van der Waals surface area contributed by atoms with Crippen molar-refractivity contribution in [2.75, 3.05) is 13.2 Å². The molecule has 1 aromatic heterocycles. The molecule has 0 amide bonds. The average Bonchev–Trinajstić information content (AvgIpc) is 2.71. The zero-order valence-electron chi connectivity index (χ0n) is 9.56. The van der Waals surface area contributed by atoms with Crippen LogP contribution < -0.4 is 0 Å². The van der Waals surface area contributed by atoms with Gasteiger partial charge in [-0.2, -0.15) is 0 Å². The first-order chi connectivity index (χ1) is 7.70. The Balaban J connectivity index is 2.11. The van der Waals surface area contributed by atoms with Gasteiger partial charge >= 0.3 is 0 Å². The van der Waals surface area contributed by atoms with Crippen molar-refractivity contribution >= 4 is 0 Å². The minimum atomic E-state index is 0.187. The number of aliphatic hydroxyl groups excluding tert-OH is 1. The Morgan fingerprint density at radius 2 is 2.31 bits per heavy atom. The van der Waals surface area contributed by atoms with Crippen molar-refractivity contribution < 1.29 is 10.2 Å². The maximum Gasteiger partial charge on any atom is 0.138 e. The molecule has 4 heteroatoms. The van der Waals surface area contributed by atoms with E-state index in [-0.39, 0.29) is 18.4 Å². The molecule has 0 spiro atoms. The van der Waals surface area contributed by atoms with Gasteiger partial charge < -0.3 is 10.2 Å². The van der Waals surface area contributed by atoms with Crippen LogP contribution in [-0.4, -0.2) is 39.3 Å². The lowest BCUT2D eigenvalue weighted by atomic mass is 10.2. The Hall–Kier alpha value is -1.13. The molecule has 1 fully saturated rings. The molecule has 1 aromatic rings. The van der Waals surface area contributed by atoms with E-state index < -0.39 is 0 Å². The molecule has 1 unspecified atom stereocenters. The third-order valence-electron chi connectivity index (χ3n) is 3.15. The van der Waals surface area contributed by atoms with Crippen LogP contribution in [-0.2, 0) is 6.54 Å². The highest BCUT2D eigenvalue weighted by Crippen LogP contribution is 2.23. The van der Waals surface area contributed by atoms with Crippen molar-refractivity contribution in [3.05, 3.63) is 23.5 Å². The maximum atomic E-state index is 9.70. The average molecular weight is 222 g/mol. The fraction of sp³-hybridized carbons (Fsp3) is 0.583. The van der Waals surface area contributed by atoms with Gasteiger partial charge in [0.2, 0.25) is 0 Å². The molecule has 0 radical (unpaired) electrons. The number of hydrogen-bond acceptors (Lipinski definition) is 4. The van der Waals surface area contributed by atoms with E-state index in [0.29, 0.717) is 12.2 Å². The van der Waals surface area contributed by atoms with Gasteiger partial charge in [-0.05, 0) is 38.4 Å². The second-order valence-electron chi connectivity index (χ2n) is 4.37. The van der Waals surface area contributed by atoms with Crippen LogP contribution in [0.4, 0.5) is 0 Å². The van der Waals surface area contributed by atoms with Crippen molar-refractivity contribution in [2.45, 2.75) is 32.4 Å². The highest BCUT2D eigenvalue weighted by molar-refractivity contribution is 5.27. The fourth-order valence-corrected chi connectivity index (χ4v) is 2.22. The van der Waals surface area contributed by atoms with E-state index in [1.807, 2.05) is 6.92 Å². The third-order valence-corrected chi connectivity index (χ3v) is 3.15. The minimum absolute atomic E-state index is 0.187. The van der Waals surface area contributed by atoms with Crippen molar-refractivity contribution in [3.63, 3.8) is 0 Å². The molecule has 0 saturated carbocycles. The van der Waals surface area contributed by atoms with Gasteiger partial charge in [-0.15, -0.1) is 0 Å². The molecule has 0 aliphatic carbocycles. The zero-order chi connectivity index (χ0) is 11.5. The molecule has 1 saturated heterocycles. The van der Waals surface area contributed by atoms with Gasteiger partial charge in [-0.25, -0.2) is 0 Å². The first kappa shape index (κ1) is 11.4. The largest absolute Gasteiger partial charge is 0.506 e. The quantitative estimate of drug-likeness (QED) is 0.802. The maximum absolute atomic E-state index is 9.70. The van der Waals surface area contributed by atoms with Gasteiger partial charge in [-0.1, -0.05) is 0 Å². The minimum Gasteiger partial charge on any atom is -0.506 e. The topological polar surface area (TPSA) is 56.6 Å². The van der Waals surface area contributed by atoms with E-state index in [4.69, 9.17) is 0 Å². The second-order valence-corrected chi connectivity index (χ2v) is 4.37. The van der Waals surface area contributed by atoms with Gasteiger partial charge in [0.1, 0.15) is 5.75 Å². The molecule has 2 rings (SSSR count). The van der Waals surface area contributed by atoms with Crippen molar-refractivity contribution in [3.8, 4) is 5.75 Å². The molecule has 1 aliphatic rings. The standard InChI is InChI=1S/C12H18N2O2/c1-9-4-5-12(16)11(13-9)7-14-6-2-3-10(14)8-15/h4-5,10,15-16H,2-3,6-8H2,1H3. The van der Waals surface area contributed by atoms with Crippen LogP contribution >= 0.6 is 0 Å². The summed E-state index contributed by atoms with van der Waals surface area (Å²) in [6.07, 6.45) is 2.14. The monoisotopic (exact) mass is 222 g/mol. The normalized spacial score (nSPS) is 21.5. The van der Waals surface area contributed by atoms with Crippen LogP contribution in [0.3, 0.4) is 0 Å². The third kappa shape index (κ3) is 2.33. The van der Waals surface area contributed by atoms with Crippen LogP contribution in [0, 0.1) is 6.92 Å². The lowest BCUT2D eigenvalue weighted by Crippen LogP contribution is -2.32. The molecule has 16 heavy (non-hydrogen) atoms. The number of nitrogens with zero attached hydrogens (tertiary/aromatic N) is 2. The number of aryl methyl sites for hydroxylation is 1. The number of aromatic hydroxyl groups is 1. The number of hydrogen-bond donors (Lipinski definition) is 2. The number of aliphatic hydroxyl groups is 1. The van der Waals surface area contributed by atoms with Gasteiger partial charge in [0, 0.05) is 18.3 Å². The summed E-state index contributed by atoms with van der Waals surface area (Å²) in [5.74, 6) is 0.245. The zero-order valence-corrected chi connectivity index (χ0v) is 9.56. The summed E-state index contributed by atoms with van der Waals surface area (Å²) in [4.78, 5) is 6.51. The summed E-state index contributed by atoms with van der Waals surface area (Å²) in [6.45, 7) is 3.70. The van der Waals surface area contributed by atoms with Crippen LogP contribution in [0.5, 0.6) is 5.75 Å². The summed E-state index contributed by atoms with van der Waals surface area (Å²) < 4.78 is 0. The van der Waals surface area contributed by atoms with Crippen molar-refractivity contribution in [1.29, 1.82) is 0 Å². The molecular weight excluding hydrogens is 204 g/mol. The van der Waals surface area contributed by atoms with Gasteiger partial charge in [0.05, 0.1) is 12.3 Å². The molecule has 2 N–H and O–H groups in total. The summed E-state index contributed by atoms with van der Waals surface area (Å²) in [7, 11) is 0. The van der Waals surface area contributed by atoms with Crippen LogP contribution in [0.2, 0.25) is 0 Å². The first-order valence-corrected chi connectivity index (χ1v) is 5.71. The molecule has 2 heterocycles. The molecule has 88 valence electrons. The predicted molar refractivity (Wildman–Crippen MR) is 61.2 cm³/mol. The summed E-state index contributed by atoms with van der Waals surface area (Å²) >= 11 is 0. The fourth-order valence-electron chi connectivity index (χ4n) is 2.22. The van der Waals surface area contributed by atoms with Crippen LogP contribution in [0.1, 0.15) is 24.2 Å². The summed E-state index contributed by atoms with van der Waals surface area (Å²) in [6, 6.07) is 3.70. The molecular formula is C12H18N2O2. The van der Waals surface area contributed by atoms with E-state index in [1.54, 1.807) is 12.1 Å². The number of likely N-dealkylation sites (tertiary alicyclic amines) is 1. The lowest BCUT2D eigenvalue weighted by molar-refractivity contribution is 0.151. The van der Waals surface area contributed by atoms with E-state index in [1.165, 1.54) is 0 Å². The van der Waals surface area contributed by atoms with Crippen LogP contribution in [0.25, 0.3) is 0 Å². The van der Waals surface area contributed by atoms with E-state index in [2.05, 4.69) is 9.88 Å². The molecule has 0 aromatic carbocycles. The number of aromatic nitrogens is 1. The van der Waals surface area contributed by atoms with Gasteiger partial charge in [-0.3, -0.25) is 9.88 Å². The highest BCUT2D eigenvalue weighted by Gasteiger charge is 2.24. The molecule has 1 atom stereocenters. The molecule has 0 bridgehead atoms. The van der Waals surface area contributed by atoms with Gasteiger partial charge in [0.15, 0.2) is 0 Å². The van der Waals surface area contributed by atoms with Crippen molar-refractivity contribution in [1.82, 2.24) is 9.88 Å².